The standard InChI is InChI=1S/C9H9BrO4.C8H3F5O2.C8H4F4O2/c1-13-7-3-5(9(11)12)6(10)4-8(7)14-2;9-5-2-3(7(14)15)1-4(6(5)10)8(11,12)13;1-2-4(9)6(11)3(8(13)14)7(12)5(2)10/h3-4H,1-2H3,(H,11,12);1-2H,(H,14,15);1H3,(H,13,14). The molecule has 0 aliphatic heterocycles. The van der Waals surface area contributed by atoms with E-state index in [4.69, 9.17) is 24.8 Å². The lowest BCUT2D eigenvalue weighted by Crippen LogP contribution is -2.12. The molecule has 0 unspecified atom stereocenters. The Hall–Kier alpha value is -4.48. The average Bonchev–Trinajstić information content (AvgIpc) is 2.91. The summed E-state index contributed by atoms with van der Waals surface area (Å²) in [6.07, 6.45) is -5.13. The molecule has 3 aromatic rings. The third kappa shape index (κ3) is 8.76. The van der Waals surface area contributed by atoms with Crippen LogP contribution in [0.5, 0.6) is 11.5 Å². The first kappa shape index (κ1) is 36.5. The van der Waals surface area contributed by atoms with Crippen molar-refractivity contribution in [3.8, 4) is 11.5 Å². The summed E-state index contributed by atoms with van der Waals surface area (Å²) in [5.41, 5.74) is -5.25. The van der Waals surface area contributed by atoms with Crippen LogP contribution in [0.1, 0.15) is 42.2 Å². The molecule has 3 rings (SSSR count). The first-order valence-corrected chi connectivity index (χ1v) is 11.5. The molecule has 0 aliphatic carbocycles. The Balaban J connectivity index is 0.000000323. The van der Waals surface area contributed by atoms with Crippen LogP contribution < -0.4 is 9.47 Å². The van der Waals surface area contributed by atoms with Gasteiger partial charge in [0.1, 0.15) is 5.56 Å². The van der Waals surface area contributed by atoms with E-state index in [9.17, 15) is 53.9 Å². The van der Waals surface area contributed by atoms with Gasteiger partial charge in [0, 0.05) is 10.0 Å². The lowest BCUT2D eigenvalue weighted by molar-refractivity contribution is -0.140. The third-order valence-corrected chi connectivity index (χ3v) is 5.64. The van der Waals surface area contributed by atoms with Crippen molar-refractivity contribution >= 4 is 33.8 Å². The molecule has 3 N–H and O–H groups in total. The first-order valence-electron chi connectivity index (χ1n) is 10.7. The number of aromatic carboxylic acids is 3. The van der Waals surface area contributed by atoms with E-state index in [2.05, 4.69) is 15.9 Å². The SMILES string of the molecule is COc1cc(Br)c(C(=O)O)cc1OC.Cc1c(F)c(F)c(C(=O)O)c(F)c1F.O=C(O)c1cc(F)c(F)c(C(F)(F)F)c1. The van der Waals surface area contributed by atoms with Crippen molar-refractivity contribution in [1.82, 2.24) is 0 Å². The van der Waals surface area contributed by atoms with Crippen molar-refractivity contribution in [2.45, 2.75) is 13.1 Å². The fourth-order valence-electron chi connectivity index (χ4n) is 2.87. The molecule has 8 nitrogen and oxygen atoms in total. The van der Waals surface area contributed by atoms with Crippen LogP contribution in [0.3, 0.4) is 0 Å². The number of halogens is 10. The van der Waals surface area contributed by atoms with Gasteiger partial charge >= 0.3 is 24.1 Å². The predicted octanol–water partition coefficient (Wildman–Crippen LogP) is 7.10. The van der Waals surface area contributed by atoms with Crippen molar-refractivity contribution in [3.63, 3.8) is 0 Å². The molecule has 0 spiro atoms. The first-order chi connectivity index (χ1) is 19.7. The second kappa shape index (κ2) is 14.6. The van der Waals surface area contributed by atoms with E-state index < -0.39 is 81.2 Å². The van der Waals surface area contributed by atoms with Gasteiger partial charge in [-0.2, -0.15) is 13.2 Å². The summed E-state index contributed by atoms with van der Waals surface area (Å²) in [6, 6.07) is 3.20. The molecule has 3 aromatic carbocycles. The number of ether oxygens (including phenoxy) is 2. The summed E-state index contributed by atoms with van der Waals surface area (Å²) >= 11 is 3.14. The Morgan fingerprint density at radius 1 is 0.698 bits per heavy atom. The van der Waals surface area contributed by atoms with Crippen molar-refractivity contribution in [2.75, 3.05) is 14.2 Å². The van der Waals surface area contributed by atoms with Crippen molar-refractivity contribution in [3.05, 3.63) is 91.5 Å². The van der Waals surface area contributed by atoms with Crippen molar-refractivity contribution in [1.29, 1.82) is 0 Å². The molecule has 0 saturated carbocycles. The largest absolute Gasteiger partial charge is 0.493 e. The number of rotatable bonds is 5. The van der Waals surface area contributed by atoms with Gasteiger partial charge in [-0.15, -0.1) is 0 Å². The summed E-state index contributed by atoms with van der Waals surface area (Å²) < 4.78 is 123. The molecule has 0 amide bonds. The molecule has 0 aromatic heterocycles. The highest BCUT2D eigenvalue weighted by Gasteiger charge is 2.36. The zero-order valence-corrected chi connectivity index (χ0v) is 23.1. The molecule has 0 aliphatic rings. The van der Waals surface area contributed by atoms with E-state index in [1.807, 2.05) is 0 Å². The average molecular weight is 695 g/mol. The molecular formula is C25H16BrF9O8. The van der Waals surface area contributed by atoms with E-state index in [-0.39, 0.29) is 17.7 Å². The zero-order chi connectivity index (χ0) is 33.6. The van der Waals surface area contributed by atoms with Gasteiger partial charge in [0.25, 0.3) is 0 Å². The minimum atomic E-state index is -5.13. The van der Waals surface area contributed by atoms with Crippen LogP contribution >= 0.6 is 15.9 Å². The fraction of sp³-hybridized carbons (Fsp3) is 0.160. The fourth-order valence-corrected chi connectivity index (χ4v) is 3.36. The van der Waals surface area contributed by atoms with E-state index in [1.54, 1.807) is 6.07 Å². The van der Waals surface area contributed by atoms with Gasteiger partial charge < -0.3 is 24.8 Å². The number of carboxylic acids is 3. The van der Waals surface area contributed by atoms with Crippen LogP contribution in [0.2, 0.25) is 0 Å². The smallest absolute Gasteiger partial charge is 0.419 e. The van der Waals surface area contributed by atoms with Gasteiger partial charge in [0.05, 0.1) is 30.9 Å². The molecular weight excluding hydrogens is 679 g/mol. The quantitative estimate of drug-likeness (QED) is 0.191. The lowest BCUT2D eigenvalue weighted by Gasteiger charge is -2.09. The second-order valence-corrected chi connectivity index (χ2v) is 8.53. The summed E-state index contributed by atoms with van der Waals surface area (Å²) in [4.78, 5) is 31.3. The highest BCUT2D eigenvalue weighted by molar-refractivity contribution is 9.10. The maximum Gasteiger partial charge on any atom is 0.419 e. The molecule has 0 radical (unpaired) electrons. The summed E-state index contributed by atoms with van der Waals surface area (Å²) in [5.74, 6) is -15.1. The van der Waals surface area contributed by atoms with E-state index in [0.717, 1.165) is 6.92 Å². The molecule has 0 bridgehead atoms. The van der Waals surface area contributed by atoms with Crippen LogP contribution in [0.4, 0.5) is 39.5 Å². The van der Waals surface area contributed by atoms with Crippen LogP contribution in [0.15, 0.2) is 28.7 Å². The molecule has 43 heavy (non-hydrogen) atoms. The van der Waals surface area contributed by atoms with Gasteiger partial charge in [-0.05, 0) is 47.1 Å². The molecule has 18 heteroatoms. The van der Waals surface area contributed by atoms with Crippen LogP contribution in [0, 0.1) is 41.8 Å². The van der Waals surface area contributed by atoms with Crippen LogP contribution in [-0.2, 0) is 6.18 Å². The third-order valence-electron chi connectivity index (χ3n) is 4.98. The number of benzene rings is 3. The summed E-state index contributed by atoms with van der Waals surface area (Å²) in [6.45, 7) is 0.808. The Bertz CT molecular complexity index is 1530. The Kier molecular flexibility index (Phi) is 12.4. The highest BCUT2D eigenvalue weighted by Crippen LogP contribution is 2.34. The van der Waals surface area contributed by atoms with Crippen molar-refractivity contribution in [2.24, 2.45) is 0 Å². The summed E-state index contributed by atoms with van der Waals surface area (Å²) in [7, 11) is 2.95. The zero-order valence-electron chi connectivity index (χ0n) is 21.5. The van der Waals surface area contributed by atoms with Gasteiger partial charge in [-0.1, -0.05) is 0 Å². The van der Waals surface area contributed by atoms with Crippen molar-refractivity contribution < 1.29 is 78.7 Å². The molecule has 234 valence electrons. The Morgan fingerprint density at radius 3 is 1.53 bits per heavy atom. The lowest BCUT2D eigenvalue weighted by atomic mass is 10.1. The van der Waals surface area contributed by atoms with Gasteiger partial charge in [0.15, 0.2) is 46.4 Å². The van der Waals surface area contributed by atoms with E-state index in [1.165, 1.54) is 20.3 Å². The highest BCUT2D eigenvalue weighted by atomic mass is 79.9. The van der Waals surface area contributed by atoms with Crippen LogP contribution in [-0.4, -0.2) is 47.4 Å². The monoisotopic (exact) mass is 694 g/mol. The summed E-state index contributed by atoms with van der Waals surface area (Å²) in [5, 5.41) is 25.4. The maximum absolute atomic E-state index is 12.8. The number of hydrogen-bond donors (Lipinski definition) is 3. The van der Waals surface area contributed by atoms with Crippen LogP contribution in [0.25, 0.3) is 0 Å². The van der Waals surface area contributed by atoms with E-state index in [0.29, 0.717) is 16.0 Å². The number of carboxylic acid groups (broad SMARTS) is 3. The second-order valence-electron chi connectivity index (χ2n) is 7.68. The predicted molar refractivity (Wildman–Crippen MR) is 130 cm³/mol. The number of methoxy groups -OCH3 is 2. The minimum absolute atomic E-state index is 0.0424. The maximum atomic E-state index is 12.8. The number of alkyl halides is 3. The normalized spacial score (nSPS) is 10.5. The topological polar surface area (TPSA) is 130 Å². The number of carbonyl (C=O) groups is 3. The minimum Gasteiger partial charge on any atom is -0.493 e. The van der Waals surface area contributed by atoms with Gasteiger partial charge in [-0.25, -0.2) is 40.7 Å². The van der Waals surface area contributed by atoms with Gasteiger partial charge in [-0.3, -0.25) is 0 Å². The van der Waals surface area contributed by atoms with Gasteiger partial charge in [0.2, 0.25) is 0 Å². The Labute approximate surface area is 243 Å². The van der Waals surface area contributed by atoms with E-state index >= 15 is 0 Å². The number of hydrogen-bond acceptors (Lipinski definition) is 5. The Morgan fingerprint density at radius 2 is 1.16 bits per heavy atom. The molecule has 0 heterocycles. The molecule has 0 saturated heterocycles. The molecule has 0 fully saturated rings. The molecule has 0 atom stereocenters.